The van der Waals surface area contributed by atoms with Crippen molar-refractivity contribution in [3.63, 3.8) is 0 Å². The van der Waals surface area contributed by atoms with Crippen LogP contribution in [0.3, 0.4) is 0 Å². The highest BCUT2D eigenvalue weighted by molar-refractivity contribution is 8.01. The number of nitro benzene ring substituents is 1. The Morgan fingerprint density at radius 1 is 1.52 bits per heavy atom. The fourth-order valence-corrected chi connectivity index (χ4v) is 3.01. The maximum Gasteiger partial charge on any atom is 0.273 e. The number of hydrogen-bond donors (Lipinski definition) is 2. The second kappa shape index (κ2) is 6.50. The van der Waals surface area contributed by atoms with Crippen molar-refractivity contribution in [3.8, 4) is 5.75 Å². The first kappa shape index (κ1) is 15.2. The Hall–Kier alpha value is -2.20. The Bertz CT molecular complexity index is 689. The van der Waals surface area contributed by atoms with Crippen LogP contribution < -0.4 is 5.32 Å². The van der Waals surface area contributed by atoms with Crippen LogP contribution in [0.1, 0.15) is 5.01 Å². The molecule has 0 spiro atoms. The van der Waals surface area contributed by atoms with E-state index in [-0.39, 0.29) is 28.8 Å². The number of nitrogens with one attached hydrogen (secondary N) is 1. The Labute approximate surface area is 127 Å². The van der Waals surface area contributed by atoms with Gasteiger partial charge in [-0.05, 0) is 13.0 Å². The van der Waals surface area contributed by atoms with Gasteiger partial charge in [0.1, 0.15) is 10.8 Å². The Morgan fingerprint density at radius 3 is 2.86 bits per heavy atom. The number of rotatable bonds is 5. The molecule has 1 aromatic carbocycles. The van der Waals surface area contributed by atoms with Gasteiger partial charge in [0.15, 0.2) is 4.34 Å². The molecule has 0 unspecified atom stereocenters. The van der Waals surface area contributed by atoms with Gasteiger partial charge >= 0.3 is 0 Å². The maximum atomic E-state index is 11.7. The second-order valence-electron chi connectivity index (χ2n) is 3.88. The zero-order valence-corrected chi connectivity index (χ0v) is 12.4. The van der Waals surface area contributed by atoms with Crippen molar-refractivity contribution in [1.29, 1.82) is 0 Å². The number of aromatic hydroxyl groups is 1. The van der Waals surface area contributed by atoms with Crippen LogP contribution in [0.2, 0.25) is 0 Å². The highest BCUT2D eigenvalue weighted by atomic mass is 32.2. The number of nitrogens with zero attached hydrogens (tertiary/aromatic N) is 3. The highest BCUT2D eigenvalue weighted by Crippen LogP contribution is 2.28. The van der Waals surface area contributed by atoms with Crippen LogP contribution in [0, 0.1) is 17.0 Å². The average molecular weight is 326 g/mol. The zero-order chi connectivity index (χ0) is 15.4. The molecule has 1 heterocycles. The molecule has 0 fully saturated rings. The number of amides is 1. The van der Waals surface area contributed by atoms with Gasteiger partial charge in [-0.1, -0.05) is 23.1 Å². The zero-order valence-electron chi connectivity index (χ0n) is 10.8. The maximum absolute atomic E-state index is 11.7. The lowest BCUT2D eigenvalue weighted by Crippen LogP contribution is -2.14. The molecule has 0 aliphatic heterocycles. The van der Waals surface area contributed by atoms with E-state index in [4.69, 9.17) is 0 Å². The summed E-state index contributed by atoms with van der Waals surface area (Å²) in [7, 11) is 0. The van der Waals surface area contributed by atoms with Gasteiger partial charge in [0.2, 0.25) is 5.91 Å². The molecule has 2 N–H and O–H groups in total. The van der Waals surface area contributed by atoms with Crippen LogP contribution in [0.25, 0.3) is 0 Å². The van der Waals surface area contributed by atoms with Crippen molar-refractivity contribution in [1.82, 2.24) is 10.2 Å². The van der Waals surface area contributed by atoms with E-state index in [1.807, 2.05) is 6.92 Å². The standard InChI is InChI=1S/C11H10N4O4S2/c1-6-13-14-11(21-6)20-5-10(17)12-8-3-2-7(15(18)19)4-9(8)16/h2-4,16H,5H2,1H3,(H,12,17). The van der Waals surface area contributed by atoms with E-state index in [1.54, 1.807) is 0 Å². The Morgan fingerprint density at radius 2 is 2.29 bits per heavy atom. The lowest BCUT2D eigenvalue weighted by atomic mass is 10.2. The molecule has 2 rings (SSSR count). The van der Waals surface area contributed by atoms with Crippen molar-refractivity contribution < 1.29 is 14.8 Å². The van der Waals surface area contributed by atoms with Gasteiger partial charge in [0, 0.05) is 6.07 Å². The van der Waals surface area contributed by atoms with Crippen LogP contribution in [-0.2, 0) is 4.79 Å². The fourth-order valence-electron chi connectivity index (χ4n) is 1.39. The van der Waals surface area contributed by atoms with E-state index in [2.05, 4.69) is 15.5 Å². The van der Waals surface area contributed by atoms with Crippen LogP contribution in [0.15, 0.2) is 22.5 Å². The third kappa shape index (κ3) is 4.13. The van der Waals surface area contributed by atoms with Crippen molar-refractivity contribution in [2.45, 2.75) is 11.3 Å². The predicted octanol–water partition coefficient (Wildman–Crippen LogP) is 2.19. The third-order valence-corrected chi connectivity index (χ3v) is 4.27. The summed E-state index contributed by atoms with van der Waals surface area (Å²) in [5.41, 5.74) is -0.121. The van der Waals surface area contributed by atoms with Crippen molar-refractivity contribution in [2.24, 2.45) is 0 Å². The summed E-state index contributed by atoms with van der Waals surface area (Å²) in [6.07, 6.45) is 0. The molecule has 0 saturated heterocycles. The molecular formula is C11H10N4O4S2. The van der Waals surface area contributed by atoms with E-state index < -0.39 is 4.92 Å². The van der Waals surface area contributed by atoms with E-state index in [0.29, 0.717) is 4.34 Å². The second-order valence-corrected chi connectivity index (χ2v) is 6.29. The van der Waals surface area contributed by atoms with E-state index in [1.165, 1.54) is 35.2 Å². The topological polar surface area (TPSA) is 118 Å². The Kier molecular flexibility index (Phi) is 4.70. The number of non-ortho nitro benzene ring substituents is 1. The van der Waals surface area contributed by atoms with Crippen LogP contribution >= 0.6 is 23.1 Å². The molecule has 0 atom stereocenters. The van der Waals surface area contributed by atoms with Gasteiger partial charge in [-0.2, -0.15) is 0 Å². The molecule has 21 heavy (non-hydrogen) atoms. The molecule has 0 bridgehead atoms. The van der Waals surface area contributed by atoms with Gasteiger partial charge in [0.25, 0.3) is 5.69 Å². The molecule has 1 amide bonds. The van der Waals surface area contributed by atoms with Crippen molar-refractivity contribution >= 4 is 40.4 Å². The lowest BCUT2D eigenvalue weighted by molar-refractivity contribution is -0.384. The van der Waals surface area contributed by atoms with E-state index >= 15 is 0 Å². The van der Waals surface area contributed by atoms with Gasteiger partial charge in [-0.25, -0.2) is 0 Å². The molecule has 110 valence electrons. The molecule has 8 nitrogen and oxygen atoms in total. The largest absolute Gasteiger partial charge is 0.506 e. The lowest BCUT2D eigenvalue weighted by Gasteiger charge is -2.06. The fraction of sp³-hybridized carbons (Fsp3) is 0.182. The van der Waals surface area contributed by atoms with Gasteiger partial charge in [0.05, 0.1) is 22.4 Å². The number of hydrogen-bond acceptors (Lipinski definition) is 8. The van der Waals surface area contributed by atoms with Crippen LogP contribution in [-0.4, -0.2) is 31.9 Å². The number of aryl methyl sites for hydroxylation is 1. The van der Waals surface area contributed by atoms with Crippen molar-refractivity contribution in [2.75, 3.05) is 11.1 Å². The van der Waals surface area contributed by atoms with Crippen molar-refractivity contribution in [3.05, 3.63) is 33.3 Å². The minimum absolute atomic E-state index is 0.102. The summed E-state index contributed by atoms with van der Waals surface area (Å²) in [4.78, 5) is 21.7. The number of aromatic nitrogens is 2. The molecule has 1 aromatic heterocycles. The first-order valence-electron chi connectivity index (χ1n) is 5.66. The smallest absolute Gasteiger partial charge is 0.273 e. The molecule has 0 radical (unpaired) electrons. The minimum atomic E-state index is -0.626. The SMILES string of the molecule is Cc1nnc(SCC(=O)Nc2ccc([N+](=O)[O-])cc2O)s1. The molecule has 0 aliphatic carbocycles. The average Bonchev–Trinajstić information content (AvgIpc) is 2.84. The normalized spacial score (nSPS) is 10.3. The number of benzene rings is 1. The molecule has 10 heteroatoms. The molecular weight excluding hydrogens is 316 g/mol. The van der Waals surface area contributed by atoms with Gasteiger partial charge in [-0.3, -0.25) is 14.9 Å². The quantitative estimate of drug-likeness (QED) is 0.374. The number of nitro groups is 1. The number of phenolic OH excluding ortho intramolecular Hbond substituents is 1. The number of carbonyl (C=O) groups excluding carboxylic acids is 1. The third-order valence-electron chi connectivity index (χ3n) is 2.30. The summed E-state index contributed by atoms with van der Waals surface area (Å²) in [6.45, 7) is 1.82. The number of anilines is 1. The van der Waals surface area contributed by atoms with Crippen LogP contribution in [0.5, 0.6) is 5.75 Å². The van der Waals surface area contributed by atoms with Gasteiger partial charge in [-0.15, -0.1) is 10.2 Å². The highest BCUT2D eigenvalue weighted by Gasteiger charge is 2.13. The summed E-state index contributed by atoms with van der Waals surface area (Å²) in [5.74, 6) is -0.600. The molecule has 0 aliphatic rings. The molecule has 2 aromatic rings. The number of thioether (sulfide) groups is 1. The first-order valence-corrected chi connectivity index (χ1v) is 7.46. The Balaban J connectivity index is 1.94. The first-order chi connectivity index (χ1) is 9.95. The summed E-state index contributed by atoms with van der Waals surface area (Å²) < 4.78 is 0.676. The number of carbonyl (C=O) groups is 1. The summed E-state index contributed by atoms with van der Waals surface area (Å²) >= 11 is 2.61. The molecule has 0 saturated carbocycles. The van der Waals surface area contributed by atoms with E-state index in [9.17, 15) is 20.0 Å². The predicted molar refractivity (Wildman–Crippen MR) is 78.8 cm³/mol. The summed E-state index contributed by atoms with van der Waals surface area (Å²) in [5, 5.41) is 31.2. The minimum Gasteiger partial charge on any atom is -0.506 e. The van der Waals surface area contributed by atoms with Gasteiger partial charge < -0.3 is 10.4 Å². The summed E-state index contributed by atoms with van der Waals surface area (Å²) in [6, 6.07) is 3.47. The monoisotopic (exact) mass is 326 g/mol. The van der Waals surface area contributed by atoms with Crippen LogP contribution in [0.4, 0.5) is 11.4 Å². The van der Waals surface area contributed by atoms with E-state index in [0.717, 1.165) is 11.1 Å². The number of phenols is 1.